The van der Waals surface area contributed by atoms with E-state index in [2.05, 4.69) is 11.2 Å². The summed E-state index contributed by atoms with van der Waals surface area (Å²) in [5.74, 6) is 0.874. The molecule has 0 spiro atoms. The molecule has 1 fully saturated rings. The van der Waals surface area contributed by atoms with Crippen molar-refractivity contribution >= 4 is 17.7 Å². The van der Waals surface area contributed by atoms with Crippen LogP contribution in [0.2, 0.25) is 0 Å². The van der Waals surface area contributed by atoms with Crippen LogP contribution in [0.15, 0.2) is 0 Å². The Hall–Kier alpha value is -0.220. The number of carboxylic acids is 1. The highest BCUT2D eigenvalue weighted by atomic mass is 32.2. The van der Waals surface area contributed by atoms with Gasteiger partial charge in [0.15, 0.2) is 0 Å². The fourth-order valence-electron chi connectivity index (χ4n) is 2.60. The Balaban J connectivity index is 2.39. The Labute approximate surface area is 115 Å². The molecule has 0 aliphatic carbocycles. The molecule has 1 saturated heterocycles. The van der Waals surface area contributed by atoms with Crippen LogP contribution >= 0.6 is 11.8 Å². The van der Waals surface area contributed by atoms with Crippen molar-refractivity contribution in [1.82, 2.24) is 4.90 Å². The summed E-state index contributed by atoms with van der Waals surface area (Å²) in [6.45, 7) is 6.98. The number of aliphatic carboxylic acids is 1. The molecule has 0 radical (unpaired) electrons. The molecule has 1 unspecified atom stereocenters. The summed E-state index contributed by atoms with van der Waals surface area (Å²) in [6, 6.07) is 0. The number of likely N-dealkylation sites (tertiary alicyclic amines) is 1. The van der Waals surface area contributed by atoms with Gasteiger partial charge in [0.2, 0.25) is 0 Å². The number of carboxylic acid groups (broad SMARTS) is 1. The van der Waals surface area contributed by atoms with Crippen molar-refractivity contribution in [3.63, 3.8) is 0 Å². The molecule has 0 amide bonds. The Kier molecular flexibility index (Phi) is 6.50. The third-order valence-corrected chi connectivity index (χ3v) is 4.85. The van der Waals surface area contributed by atoms with E-state index in [-0.39, 0.29) is 0 Å². The number of piperidine rings is 1. The predicted octanol–water partition coefficient (Wildman–Crippen LogP) is 2.95. The molecular weight excluding hydrogens is 246 g/mol. The van der Waals surface area contributed by atoms with E-state index in [0.717, 1.165) is 32.5 Å². The lowest BCUT2D eigenvalue weighted by Gasteiger charge is -2.39. The highest BCUT2D eigenvalue weighted by Gasteiger charge is 2.38. The van der Waals surface area contributed by atoms with Crippen LogP contribution in [0.25, 0.3) is 0 Å². The van der Waals surface area contributed by atoms with Crippen molar-refractivity contribution in [3.8, 4) is 0 Å². The molecule has 1 N–H and O–H groups in total. The lowest BCUT2D eigenvalue weighted by atomic mass is 9.74. The summed E-state index contributed by atoms with van der Waals surface area (Å²) >= 11 is 1.90. The summed E-state index contributed by atoms with van der Waals surface area (Å²) < 4.78 is 0. The molecule has 1 rings (SSSR count). The van der Waals surface area contributed by atoms with Gasteiger partial charge in [-0.1, -0.05) is 0 Å². The Morgan fingerprint density at radius 2 is 2.17 bits per heavy atom. The standard InChI is InChI=1S/C14H27NO2S/c1-14(2,13(16)17)12-7-6-9-15(11-12)8-4-5-10-18-3/h12H,4-11H2,1-3H3,(H,16,17). The minimum Gasteiger partial charge on any atom is -0.481 e. The quantitative estimate of drug-likeness (QED) is 0.724. The molecule has 1 aliphatic heterocycles. The van der Waals surface area contributed by atoms with E-state index in [1.165, 1.54) is 18.6 Å². The number of rotatable bonds is 7. The zero-order valence-electron chi connectivity index (χ0n) is 11.9. The number of hydrogen-bond acceptors (Lipinski definition) is 3. The van der Waals surface area contributed by atoms with Gasteiger partial charge in [-0.25, -0.2) is 0 Å². The van der Waals surface area contributed by atoms with E-state index in [0.29, 0.717) is 5.92 Å². The van der Waals surface area contributed by atoms with Crippen LogP contribution in [0.1, 0.15) is 39.5 Å². The van der Waals surface area contributed by atoms with Crippen molar-refractivity contribution in [2.45, 2.75) is 39.5 Å². The fraction of sp³-hybridized carbons (Fsp3) is 0.929. The second-order valence-electron chi connectivity index (χ2n) is 5.87. The predicted molar refractivity (Wildman–Crippen MR) is 78.2 cm³/mol. The van der Waals surface area contributed by atoms with Crippen LogP contribution < -0.4 is 0 Å². The number of thioether (sulfide) groups is 1. The molecule has 1 atom stereocenters. The summed E-state index contributed by atoms with van der Waals surface area (Å²) in [5.41, 5.74) is -0.585. The van der Waals surface area contributed by atoms with Gasteiger partial charge >= 0.3 is 5.97 Å². The molecule has 0 aromatic heterocycles. The van der Waals surface area contributed by atoms with Crippen molar-refractivity contribution in [2.75, 3.05) is 31.6 Å². The molecular formula is C14H27NO2S. The second-order valence-corrected chi connectivity index (χ2v) is 6.85. The Morgan fingerprint density at radius 3 is 2.78 bits per heavy atom. The van der Waals surface area contributed by atoms with Crippen molar-refractivity contribution in [3.05, 3.63) is 0 Å². The third kappa shape index (κ3) is 4.47. The zero-order valence-corrected chi connectivity index (χ0v) is 12.8. The van der Waals surface area contributed by atoms with Crippen LogP contribution in [0.5, 0.6) is 0 Å². The molecule has 1 heterocycles. The molecule has 0 aromatic rings. The molecule has 1 aliphatic rings. The van der Waals surface area contributed by atoms with Gasteiger partial charge in [0.1, 0.15) is 0 Å². The lowest BCUT2D eigenvalue weighted by molar-refractivity contribution is -0.151. The first-order chi connectivity index (χ1) is 8.48. The first-order valence-electron chi connectivity index (χ1n) is 6.93. The average molecular weight is 273 g/mol. The van der Waals surface area contributed by atoms with Gasteiger partial charge in [0.25, 0.3) is 0 Å². The van der Waals surface area contributed by atoms with Crippen LogP contribution in [-0.4, -0.2) is 47.6 Å². The third-order valence-electron chi connectivity index (χ3n) is 4.15. The molecule has 0 saturated carbocycles. The maximum atomic E-state index is 11.3. The smallest absolute Gasteiger partial charge is 0.309 e. The number of hydrogen-bond donors (Lipinski definition) is 1. The van der Waals surface area contributed by atoms with E-state index in [1.807, 2.05) is 25.6 Å². The monoisotopic (exact) mass is 273 g/mol. The van der Waals surface area contributed by atoms with Crippen molar-refractivity contribution < 1.29 is 9.90 Å². The summed E-state index contributed by atoms with van der Waals surface area (Å²) in [5, 5.41) is 9.30. The molecule has 3 nitrogen and oxygen atoms in total. The van der Waals surface area contributed by atoms with Gasteiger partial charge in [-0.3, -0.25) is 4.79 Å². The summed E-state index contributed by atoms with van der Waals surface area (Å²) in [4.78, 5) is 13.8. The van der Waals surface area contributed by atoms with Gasteiger partial charge in [-0.2, -0.15) is 11.8 Å². The van der Waals surface area contributed by atoms with E-state index in [9.17, 15) is 9.90 Å². The van der Waals surface area contributed by atoms with Gasteiger partial charge in [-0.05, 0) is 70.5 Å². The summed E-state index contributed by atoms with van der Waals surface area (Å²) in [7, 11) is 0. The number of unbranched alkanes of at least 4 members (excludes halogenated alkanes) is 1. The van der Waals surface area contributed by atoms with Crippen LogP contribution in [0, 0.1) is 11.3 Å². The van der Waals surface area contributed by atoms with Crippen LogP contribution in [-0.2, 0) is 4.79 Å². The molecule has 0 aromatic carbocycles. The fourth-order valence-corrected chi connectivity index (χ4v) is 3.10. The van der Waals surface area contributed by atoms with E-state index in [1.54, 1.807) is 0 Å². The van der Waals surface area contributed by atoms with E-state index < -0.39 is 11.4 Å². The Morgan fingerprint density at radius 1 is 1.44 bits per heavy atom. The summed E-state index contributed by atoms with van der Waals surface area (Å²) in [6.07, 6.45) is 6.85. The maximum Gasteiger partial charge on any atom is 0.309 e. The maximum absolute atomic E-state index is 11.3. The average Bonchev–Trinajstić information content (AvgIpc) is 2.35. The Bertz CT molecular complexity index is 269. The minimum absolute atomic E-state index is 0.296. The van der Waals surface area contributed by atoms with E-state index in [4.69, 9.17) is 0 Å². The number of carbonyl (C=O) groups is 1. The highest BCUT2D eigenvalue weighted by molar-refractivity contribution is 7.98. The van der Waals surface area contributed by atoms with Gasteiger partial charge in [0.05, 0.1) is 5.41 Å². The van der Waals surface area contributed by atoms with Crippen LogP contribution in [0.3, 0.4) is 0 Å². The second kappa shape index (κ2) is 7.39. The topological polar surface area (TPSA) is 40.5 Å². The normalized spacial score (nSPS) is 22.1. The van der Waals surface area contributed by atoms with Crippen LogP contribution in [0.4, 0.5) is 0 Å². The molecule has 4 heteroatoms. The zero-order chi connectivity index (χ0) is 13.6. The SMILES string of the molecule is CSCCCCN1CCCC(C(C)(C)C(=O)O)C1. The number of nitrogens with zero attached hydrogens (tertiary/aromatic N) is 1. The van der Waals surface area contributed by atoms with E-state index >= 15 is 0 Å². The largest absolute Gasteiger partial charge is 0.481 e. The van der Waals surface area contributed by atoms with Gasteiger partial charge in [0, 0.05) is 6.54 Å². The lowest BCUT2D eigenvalue weighted by Crippen LogP contribution is -2.44. The molecule has 18 heavy (non-hydrogen) atoms. The first kappa shape index (κ1) is 15.8. The van der Waals surface area contributed by atoms with Crippen molar-refractivity contribution in [1.29, 1.82) is 0 Å². The molecule has 106 valence electrons. The molecule has 0 bridgehead atoms. The van der Waals surface area contributed by atoms with Gasteiger partial charge in [-0.15, -0.1) is 0 Å². The van der Waals surface area contributed by atoms with Crippen molar-refractivity contribution in [2.24, 2.45) is 11.3 Å². The minimum atomic E-state index is -0.656. The van der Waals surface area contributed by atoms with Gasteiger partial charge < -0.3 is 10.0 Å². The first-order valence-corrected chi connectivity index (χ1v) is 8.32. The highest BCUT2D eigenvalue weighted by Crippen LogP contribution is 2.34.